The van der Waals surface area contributed by atoms with Crippen LogP contribution in [0.2, 0.25) is 25.7 Å². The molecule has 5 heteroatoms. The highest BCUT2D eigenvalue weighted by Crippen LogP contribution is 2.32. The van der Waals surface area contributed by atoms with E-state index in [0.29, 0.717) is 18.0 Å². The summed E-state index contributed by atoms with van der Waals surface area (Å²) in [5.74, 6) is 0.258. The Balaban J connectivity index is 2.03. The molecule has 2 aromatic rings. The summed E-state index contributed by atoms with van der Waals surface area (Å²) in [7, 11) is 0.487. The molecule has 1 aromatic carbocycles. The van der Waals surface area contributed by atoms with Crippen LogP contribution >= 0.6 is 0 Å². The largest absolute Gasteiger partial charge is 0.496 e. The molecule has 0 bridgehead atoms. The predicted molar refractivity (Wildman–Crippen MR) is 90.5 cm³/mol. The summed E-state index contributed by atoms with van der Waals surface area (Å²) in [6, 6.07) is 7.87. The molecule has 1 aromatic heterocycles. The van der Waals surface area contributed by atoms with Crippen LogP contribution in [0.25, 0.3) is 11.1 Å². The lowest BCUT2D eigenvalue weighted by molar-refractivity contribution is 0.0875. The third kappa shape index (κ3) is 4.45. The standard InChI is InChI=1S/C17H24FNO2Si/c1-20-16-7-5-6-15(18)17(16)14-8-9-19(12-14)13-21-10-11-22(2,3)4/h5-9,12H,10-11,13H2,1-4H3. The number of rotatable bonds is 7. The molecule has 1 heterocycles. The van der Waals surface area contributed by atoms with Crippen molar-refractivity contribution in [2.45, 2.75) is 32.4 Å². The zero-order valence-corrected chi connectivity index (χ0v) is 14.7. The van der Waals surface area contributed by atoms with Gasteiger partial charge >= 0.3 is 0 Å². The van der Waals surface area contributed by atoms with E-state index in [4.69, 9.17) is 9.47 Å². The molecule has 0 aliphatic rings. The first-order valence-electron chi connectivity index (χ1n) is 7.47. The van der Waals surface area contributed by atoms with Gasteiger partial charge in [0, 0.05) is 32.6 Å². The van der Waals surface area contributed by atoms with E-state index in [2.05, 4.69) is 19.6 Å². The predicted octanol–water partition coefficient (Wildman–Crippen LogP) is 4.62. The number of hydrogen-bond donors (Lipinski definition) is 0. The Morgan fingerprint density at radius 3 is 2.64 bits per heavy atom. The van der Waals surface area contributed by atoms with Crippen LogP contribution < -0.4 is 4.74 Å². The smallest absolute Gasteiger partial charge is 0.134 e. The van der Waals surface area contributed by atoms with Gasteiger partial charge in [0.15, 0.2) is 0 Å². The molecule has 0 atom stereocenters. The minimum Gasteiger partial charge on any atom is -0.496 e. The average molecular weight is 321 g/mol. The van der Waals surface area contributed by atoms with Crippen molar-refractivity contribution >= 4 is 8.07 Å². The Hall–Kier alpha value is -1.59. The minimum atomic E-state index is -1.06. The molecule has 120 valence electrons. The number of methoxy groups -OCH3 is 1. The molecule has 0 fully saturated rings. The van der Waals surface area contributed by atoms with Crippen LogP contribution in [0.3, 0.4) is 0 Å². The minimum absolute atomic E-state index is 0.281. The van der Waals surface area contributed by atoms with Gasteiger partial charge in [0.05, 0.1) is 12.7 Å². The van der Waals surface area contributed by atoms with Gasteiger partial charge in [0.25, 0.3) is 0 Å². The Bertz CT molecular complexity index is 619. The summed E-state index contributed by atoms with van der Waals surface area (Å²) in [6.45, 7) is 8.24. The zero-order valence-electron chi connectivity index (χ0n) is 13.7. The van der Waals surface area contributed by atoms with Gasteiger partial charge in [-0.1, -0.05) is 25.7 Å². The normalized spacial score (nSPS) is 11.7. The van der Waals surface area contributed by atoms with Crippen molar-refractivity contribution in [3.63, 3.8) is 0 Å². The van der Waals surface area contributed by atoms with E-state index in [9.17, 15) is 4.39 Å². The molecular formula is C17H24FNO2Si. The Labute approximate surface area is 132 Å². The SMILES string of the molecule is COc1cccc(F)c1-c1ccn(COCC[Si](C)(C)C)c1. The number of hydrogen-bond acceptors (Lipinski definition) is 2. The molecule has 0 unspecified atom stereocenters. The van der Waals surface area contributed by atoms with Crippen molar-refractivity contribution in [1.82, 2.24) is 4.57 Å². The summed E-state index contributed by atoms with van der Waals surface area (Å²) in [5.41, 5.74) is 1.29. The second-order valence-corrected chi connectivity index (χ2v) is 12.2. The molecule has 0 saturated heterocycles. The molecule has 2 rings (SSSR count). The van der Waals surface area contributed by atoms with E-state index in [0.717, 1.165) is 18.2 Å². The molecular weight excluding hydrogens is 297 g/mol. The lowest BCUT2D eigenvalue weighted by Crippen LogP contribution is -2.21. The van der Waals surface area contributed by atoms with Gasteiger partial charge < -0.3 is 14.0 Å². The maximum absolute atomic E-state index is 14.1. The maximum Gasteiger partial charge on any atom is 0.134 e. The fourth-order valence-electron chi connectivity index (χ4n) is 2.17. The Morgan fingerprint density at radius 2 is 1.95 bits per heavy atom. The first kappa shape index (κ1) is 16.8. The molecule has 0 N–H and O–H groups in total. The Kier molecular flexibility index (Phi) is 5.42. The number of halogens is 1. The lowest BCUT2D eigenvalue weighted by atomic mass is 10.1. The van der Waals surface area contributed by atoms with E-state index in [1.807, 2.05) is 23.0 Å². The monoisotopic (exact) mass is 321 g/mol. The highest BCUT2D eigenvalue weighted by Gasteiger charge is 2.13. The van der Waals surface area contributed by atoms with Crippen LogP contribution in [0.1, 0.15) is 0 Å². The van der Waals surface area contributed by atoms with Crippen LogP contribution in [0.15, 0.2) is 36.7 Å². The second kappa shape index (κ2) is 7.11. The molecule has 0 radical (unpaired) electrons. The lowest BCUT2D eigenvalue weighted by Gasteiger charge is -2.15. The third-order valence-corrected chi connectivity index (χ3v) is 5.18. The fourth-order valence-corrected chi connectivity index (χ4v) is 2.93. The molecule has 0 aliphatic carbocycles. The summed E-state index contributed by atoms with van der Waals surface area (Å²) in [6.07, 6.45) is 3.78. The molecule has 0 saturated carbocycles. The van der Waals surface area contributed by atoms with E-state index < -0.39 is 8.07 Å². The molecule has 0 aliphatic heterocycles. The number of ether oxygens (including phenoxy) is 2. The fraction of sp³-hybridized carbons (Fsp3) is 0.412. The van der Waals surface area contributed by atoms with Gasteiger partial charge in [0.2, 0.25) is 0 Å². The molecule has 0 spiro atoms. The summed E-state index contributed by atoms with van der Waals surface area (Å²) < 4.78 is 26.9. The average Bonchev–Trinajstić information content (AvgIpc) is 2.90. The van der Waals surface area contributed by atoms with Crippen LogP contribution in [0.4, 0.5) is 4.39 Å². The summed E-state index contributed by atoms with van der Waals surface area (Å²) in [4.78, 5) is 0. The first-order valence-corrected chi connectivity index (χ1v) is 11.2. The van der Waals surface area contributed by atoms with Crippen molar-refractivity contribution in [3.8, 4) is 16.9 Å². The van der Waals surface area contributed by atoms with Gasteiger partial charge in [-0.05, 0) is 24.2 Å². The van der Waals surface area contributed by atoms with E-state index in [-0.39, 0.29) is 5.82 Å². The topological polar surface area (TPSA) is 23.4 Å². The number of aromatic nitrogens is 1. The van der Waals surface area contributed by atoms with Crippen molar-refractivity contribution in [2.24, 2.45) is 0 Å². The van der Waals surface area contributed by atoms with Gasteiger partial charge in [0.1, 0.15) is 18.3 Å². The number of benzene rings is 1. The number of nitrogens with zero attached hydrogens (tertiary/aromatic N) is 1. The van der Waals surface area contributed by atoms with Crippen LogP contribution in [-0.2, 0) is 11.5 Å². The summed E-state index contributed by atoms with van der Waals surface area (Å²) in [5, 5.41) is 0. The van der Waals surface area contributed by atoms with Gasteiger partial charge in [-0.15, -0.1) is 0 Å². The second-order valence-electron chi connectivity index (χ2n) is 6.58. The van der Waals surface area contributed by atoms with Gasteiger partial charge in [-0.3, -0.25) is 0 Å². The van der Waals surface area contributed by atoms with Crippen molar-refractivity contribution < 1.29 is 13.9 Å². The molecule has 22 heavy (non-hydrogen) atoms. The first-order chi connectivity index (χ1) is 10.4. The third-order valence-electron chi connectivity index (χ3n) is 3.47. The van der Waals surface area contributed by atoms with Crippen molar-refractivity contribution in [3.05, 3.63) is 42.5 Å². The van der Waals surface area contributed by atoms with Gasteiger partial charge in [-0.2, -0.15) is 0 Å². The quantitative estimate of drug-likeness (QED) is 0.549. The molecule has 3 nitrogen and oxygen atoms in total. The van der Waals surface area contributed by atoms with E-state index in [1.54, 1.807) is 19.2 Å². The van der Waals surface area contributed by atoms with E-state index >= 15 is 0 Å². The van der Waals surface area contributed by atoms with Gasteiger partial charge in [-0.25, -0.2) is 4.39 Å². The van der Waals surface area contributed by atoms with Crippen LogP contribution in [-0.4, -0.2) is 26.4 Å². The highest BCUT2D eigenvalue weighted by molar-refractivity contribution is 6.76. The Morgan fingerprint density at radius 1 is 1.18 bits per heavy atom. The maximum atomic E-state index is 14.1. The molecule has 0 amide bonds. The van der Waals surface area contributed by atoms with E-state index in [1.165, 1.54) is 6.07 Å². The highest BCUT2D eigenvalue weighted by atomic mass is 28.3. The zero-order chi connectivity index (χ0) is 16.2. The summed E-state index contributed by atoms with van der Waals surface area (Å²) >= 11 is 0. The van der Waals surface area contributed by atoms with Crippen LogP contribution in [0.5, 0.6) is 5.75 Å². The van der Waals surface area contributed by atoms with Crippen molar-refractivity contribution in [2.75, 3.05) is 13.7 Å². The van der Waals surface area contributed by atoms with Crippen LogP contribution in [0, 0.1) is 5.82 Å². The van der Waals surface area contributed by atoms with Crippen molar-refractivity contribution in [1.29, 1.82) is 0 Å².